The van der Waals surface area contributed by atoms with E-state index in [2.05, 4.69) is 41.5 Å². The van der Waals surface area contributed by atoms with Crippen LogP contribution in [0.1, 0.15) is 129 Å². The number of hydrogen-bond acceptors (Lipinski definition) is 10. The molecule has 0 saturated carbocycles. The fourth-order valence-corrected chi connectivity index (χ4v) is 7.06. The van der Waals surface area contributed by atoms with Crippen LogP contribution in [-0.2, 0) is 74.5 Å². The maximum Gasteiger partial charge on any atom is 0.306 e. The second kappa shape index (κ2) is 17.5. The van der Waals surface area contributed by atoms with Gasteiger partial charge in [0.05, 0.1) is 31.8 Å². The van der Waals surface area contributed by atoms with E-state index in [4.69, 9.17) is 28.4 Å². The zero-order chi connectivity index (χ0) is 41.0. The Morgan fingerprint density at radius 1 is 0.618 bits per heavy atom. The molecule has 0 radical (unpaired) electrons. The quantitative estimate of drug-likeness (QED) is 0.181. The summed E-state index contributed by atoms with van der Waals surface area (Å²) in [6.07, 6.45) is 1.77. The highest BCUT2D eigenvalue weighted by Gasteiger charge is 2.48. The second-order valence-corrected chi connectivity index (χ2v) is 19.2. The minimum Gasteiger partial charge on any atom is -0.507 e. The number of benzene rings is 2. The molecular weight excluding hydrogens is 700 g/mol. The smallest absolute Gasteiger partial charge is 0.306 e. The first-order valence-electron chi connectivity index (χ1n) is 20.0. The van der Waals surface area contributed by atoms with Gasteiger partial charge in [0.15, 0.2) is 12.6 Å². The van der Waals surface area contributed by atoms with Crippen molar-refractivity contribution in [2.24, 2.45) is 16.2 Å². The highest BCUT2D eigenvalue weighted by atomic mass is 16.7. The van der Waals surface area contributed by atoms with Gasteiger partial charge in [0.2, 0.25) is 0 Å². The third-order valence-electron chi connectivity index (χ3n) is 10.8. The number of carbonyl (C=O) groups is 2. The van der Waals surface area contributed by atoms with Crippen molar-refractivity contribution in [3.8, 4) is 11.5 Å². The van der Waals surface area contributed by atoms with Crippen LogP contribution < -0.4 is 0 Å². The number of hydrogen-bond donors (Lipinski definition) is 2. The van der Waals surface area contributed by atoms with Crippen molar-refractivity contribution in [2.45, 2.75) is 145 Å². The van der Waals surface area contributed by atoms with Gasteiger partial charge in [-0.05, 0) is 69.9 Å². The van der Waals surface area contributed by atoms with Crippen molar-refractivity contribution in [1.82, 2.24) is 0 Å². The van der Waals surface area contributed by atoms with Crippen molar-refractivity contribution in [3.63, 3.8) is 0 Å². The summed E-state index contributed by atoms with van der Waals surface area (Å²) in [4.78, 5) is 25.7. The molecule has 2 aliphatic heterocycles. The predicted octanol–water partition coefficient (Wildman–Crippen LogP) is 8.25. The third-order valence-corrected chi connectivity index (χ3v) is 10.8. The molecule has 0 unspecified atom stereocenters. The van der Waals surface area contributed by atoms with Gasteiger partial charge in [0.25, 0.3) is 0 Å². The number of esters is 2. The van der Waals surface area contributed by atoms with E-state index in [0.717, 1.165) is 33.4 Å². The van der Waals surface area contributed by atoms with E-state index in [0.29, 0.717) is 63.6 Å². The molecule has 2 aromatic carbocycles. The SMILES string of the molecule is CCc1cc(CCC(=O)OCC(C)(C)C2OCC3(CO2)COC(C(C)(C)COC(=O)CCc2cc(CC)c(O)c(C(C)(C)C)c2)OC3)cc(C(C)(C)C)c1O. The average molecular weight is 769 g/mol. The standard InChI is InChI=1S/C45H68O10/c1-13-31-19-29(21-33(37(31)48)41(3,4)5)15-17-35(46)50-23-43(9,10)39-52-25-45(26-53-39)27-54-40(55-28-45)44(11,12)24-51-36(47)18-16-30-20-32(14-2)38(49)34(22-30)42(6,7)8/h19-22,39-40,48-49H,13-18,23-28H2,1-12H3. The minimum atomic E-state index is -0.592. The molecule has 10 nitrogen and oxygen atoms in total. The van der Waals surface area contributed by atoms with Crippen LogP contribution in [-0.4, -0.2) is 74.4 Å². The molecule has 0 amide bonds. The highest BCUT2D eigenvalue weighted by molar-refractivity contribution is 5.70. The summed E-state index contributed by atoms with van der Waals surface area (Å²) in [6, 6.07) is 7.94. The first-order chi connectivity index (χ1) is 25.5. The Bertz CT molecular complexity index is 1500. The molecule has 1 spiro atoms. The van der Waals surface area contributed by atoms with Crippen LogP contribution >= 0.6 is 0 Å². The Balaban J connectivity index is 1.20. The molecule has 0 aromatic heterocycles. The van der Waals surface area contributed by atoms with E-state index in [-0.39, 0.29) is 48.8 Å². The number of ether oxygens (including phenoxy) is 6. The zero-order valence-electron chi connectivity index (χ0n) is 35.6. The molecule has 2 aromatic rings. The molecule has 55 heavy (non-hydrogen) atoms. The lowest BCUT2D eigenvalue weighted by atomic mass is 9.83. The van der Waals surface area contributed by atoms with Crippen LogP contribution in [0.3, 0.4) is 0 Å². The van der Waals surface area contributed by atoms with Gasteiger partial charge >= 0.3 is 11.9 Å². The van der Waals surface area contributed by atoms with Crippen LogP contribution in [0.25, 0.3) is 0 Å². The molecule has 2 aliphatic rings. The first-order valence-corrected chi connectivity index (χ1v) is 20.0. The van der Waals surface area contributed by atoms with Crippen LogP contribution in [0.5, 0.6) is 11.5 Å². The number of aryl methyl sites for hydroxylation is 4. The molecule has 0 atom stereocenters. The Labute approximate surface area is 329 Å². The molecule has 2 heterocycles. The van der Waals surface area contributed by atoms with E-state index in [9.17, 15) is 19.8 Å². The molecule has 308 valence electrons. The monoisotopic (exact) mass is 768 g/mol. The Hall–Kier alpha value is -3.18. The fraction of sp³-hybridized carbons (Fsp3) is 0.689. The molecular formula is C45H68O10. The van der Waals surface area contributed by atoms with Gasteiger partial charge in [-0.25, -0.2) is 0 Å². The maximum atomic E-state index is 12.8. The predicted molar refractivity (Wildman–Crippen MR) is 212 cm³/mol. The summed E-state index contributed by atoms with van der Waals surface area (Å²) in [5.41, 5.74) is 3.45. The fourth-order valence-electron chi connectivity index (χ4n) is 7.06. The third kappa shape index (κ3) is 11.5. The van der Waals surface area contributed by atoms with E-state index >= 15 is 0 Å². The van der Waals surface area contributed by atoms with Crippen molar-refractivity contribution in [2.75, 3.05) is 39.6 Å². The maximum absolute atomic E-state index is 12.8. The Morgan fingerprint density at radius 2 is 0.945 bits per heavy atom. The number of phenols is 2. The molecule has 0 bridgehead atoms. The minimum absolute atomic E-state index is 0.140. The van der Waals surface area contributed by atoms with Crippen LogP contribution in [0.2, 0.25) is 0 Å². The van der Waals surface area contributed by atoms with Crippen molar-refractivity contribution >= 4 is 11.9 Å². The number of aromatic hydroxyl groups is 2. The average Bonchev–Trinajstić information content (AvgIpc) is 3.11. The normalized spacial score (nSPS) is 21.1. The van der Waals surface area contributed by atoms with Crippen molar-refractivity contribution < 1.29 is 48.2 Å². The second-order valence-electron chi connectivity index (χ2n) is 19.2. The van der Waals surface area contributed by atoms with Crippen LogP contribution in [0.15, 0.2) is 24.3 Å². The molecule has 2 N–H and O–H groups in total. The number of phenolic OH excluding ortho intramolecular Hbond substituents is 2. The lowest BCUT2D eigenvalue weighted by Crippen LogP contribution is -2.57. The van der Waals surface area contributed by atoms with Crippen molar-refractivity contribution in [1.29, 1.82) is 0 Å². The summed E-state index contributed by atoms with van der Waals surface area (Å²) < 4.78 is 36.3. The topological polar surface area (TPSA) is 130 Å². The van der Waals surface area contributed by atoms with Gasteiger partial charge < -0.3 is 38.6 Å². The van der Waals surface area contributed by atoms with Gasteiger partial charge in [0.1, 0.15) is 24.7 Å². The van der Waals surface area contributed by atoms with Gasteiger partial charge in [-0.3, -0.25) is 9.59 Å². The summed E-state index contributed by atoms with van der Waals surface area (Å²) in [5.74, 6) is 0.0829. The van der Waals surface area contributed by atoms with Crippen LogP contribution in [0.4, 0.5) is 0 Å². The summed E-state index contributed by atoms with van der Waals surface area (Å²) in [5, 5.41) is 21.4. The highest BCUT2D eigenvalue weighted by Crippen LogP contribution is 2.40. The van der Waals surface area contributed by atoms with Gasteiger partial charge in [-0.2, -0.15) is 0 Å². The molecule has 10 heteroatoms. The molecule has 2 fully saturated rings. The van der Waals surface area contributed by atoms with Gasteiger partial charge in [0, 0.05) is 23.7 Å². The lowest BCUT2D eigenvalue weighted by molar-refractivity contribution is -0.337. The summed E-state index contributed by atoms with van der Waals surface area (Å²) in [7, 11) is 0. The summed E-state index contributed by atoms with van der Waals surface area (Å²) >= 11 is 0. The summed E-state index contributed by atoms with van der Waals surface area (Å²) in [6.45, 7) is 26.0. The van der Waals surface area contributed by atoms with E-state index in [1.807, 2.05) is 65.8 Å². The Kier molecular flexibility index (Phi) is 14.2. The van der Waals surface area contributed by atoms with E-state index in [1.165, 1.54) is 0 Å². The number of carbonyl (C=O) groups excluding carboxylic acids is 2. The van der Waals surface area contributed by atoms with E-state index in [1.54, 1.807) is 0 Å². The van der Waals surface area contributed by atoms with E-state index < -0.39 is 28.8 Å². The van der Waals surface area contributed by atoms with Gasteiger partial charge in [-0.15, -0.1) is 0 Å². The van der Waals surface area contributed by atoms with Crippen LogP contribution in [0, 0.1) is 16.2 Å². The molecule has 2 saturated heterocycles. The molecule has 0 aliphatic carbocycles. The molecule has 4 rings (SSSR count). The number of rotatable bonds is 14. The largest absolute Gasteiger partial charge is 0.507 e. The first kappa shape index (κ1) is 44.5. The Morgan fingerprint density at radius 3 is 1.24 bits per heavy atom. The zero-order valence-corrected chi connectivity index (χ0v) is 35.6. The lowest BCUT2D eigenvalue weighted by Gasteiger charge is -2.48. The van der Waals surface area contributed by atoms with Gasteiger partial charge in [-0.1, -0.05) is 107 Å². The van der Waals surface area contributed by atoms with Crippen molar-refractivity contribution in [3.05, 3.63) is 57.6 Å².